The molecule has 0 saturated carbocycles. The Morgan fingerprint density at radius 1 is 1.08 bits per heavy atom. The number of carboxylic acids is 2. The number of hydrogen-bond acceptors (Lipinski definition) is 5. The smallest absolute Gasteiger partial charge is 0.416 e. The van der Waals surface area contributed by atoms with E-state index in [0.717, 1.165) is 17.7 Å². The standard InChI is InChI=1S/C13H16F3NO2.C2H2O4/c1-17(8-7-12(18)19-2)9-10-3-5-11(6-4-10)13(14,15)16;3-1(4)2(5)6/h3-6H,7-9H2,1-2H3;(H,3,4)(H,5,6). The Morgan fingerprint density at radius 2 is 1.56 bits per heavy atom. The Hall–Kier alpha value is -2.62. The minimum atomic E-state index is -4.31. The van der Waals surface area contributed by atoms with E-state index in [-0.39, 0.29) is 12.4 Å². The average Bonchev–Trinajstić information content (AvgIpc) is 2.52. The molecule has 140 valence electrons. The molecule has 2 N–H and O–H groups in total. The second kappa shape index (κ2) is 10.3. The molecule has 10 heteroatoms. The summed E-state index contributed by atoms with van der Waals surface area (Å²) in [5.41, 5.74) is 0.105. The first-order valence-corrected chi connectivity index (χ1v) is 6.85. The van der Waals surface area contributed by atoms with Crippen molar-refractivity contribution in [3.8, 4) is 0 Å². The molecule has 7 nitrogen and oxygen atoms in total. The van der Waals surface area contributed by atoms with Crippen LogP contribution >= 0.6 is 0 Å². The summed E-state index contributed by atoms with van der Waals surface area (Å²) in [6.07, 6.45) is -4.05. The van der Waals surface area contributed by atoms with Crippen LogP contribution in [0.4, 0.5) is 13.2 Å². The second-order valence-corrected chi connectivity index (χ2v) is 4.87. The first-order valence-electron chi connectivity index (χ1n) is 6.85. The number of alkyl halides is 3. The van der Waals surface area contributed by atoms with Gasteiger partial charge in [-0.05, 0) is 24.7 Å². The molecule has 0 bridgehead atoms. The molecule has 0 aliphatic carbocycles. The lowest BCUT2D eigenvalue weighted by Gasteiger charge is -2.16. The number of esters is 1. The van der Waals surface area contributed by atoms with Crippen molar-refractivity contribution < 1.29 is 42.5 Å². The van der Waals surface area contributed by atoms with E-state index in [9.17, 15) is 18.0 Å². The van der Waals surface area contributed by atoms with Gasteiger partial charge in [-0.3, -0.25) is 4.79 Å². The van der Waals surface area contributed by atoms with Gasteiger partial charge in [-0.25, -0.2) is 9.59 Å². The molecule has 0 saturated heterocycles. The van der Waals surface area contributed by atoms with Crippen LogP contribution < -0.4 is 0 Å². The van der Waals surface area contributed by atoms with E-state index in [4.69, 9.17) is 19.8 Å². The molecule has 25 heavy (non-hydrogen) atoms. The molecule has 1 rings (SSSR count). The molecular formula is C15H18F3NO6. The van der Waals surface area contributed by atoms with Gasteiger partial charge >= 0.3 is 24.1 Å². The fraction of sp³-hybridized carbons (Fsp3) is 0.400. The molecule has 0 fully saturated rings. The summed E-state index contributed by atoms with van der Waals surface area (Å²) >= 11 is 0. The summed E-state index contributed by atoms with van der Waals surface area (Å²) in [5, 5.41) is 14.8. The molecular weight excluding hydrogens is 347 g/mol. The Kier molecular flexibility index (Phi) is 9.21. The highest BCUT2D eigenvalue weighted by atomic mass is 19.4. The molecule has 0 spiro atoms. The third-order valence-corrected chi connectivity index (χ3v) is 2.84. The Bertz CT molecular complexity index is 574. The lowest BCUT2D eigenvalue weighted by molar-refractivity contribution is -0.159. The van der Waals surface area contributed by atoms with Gasteiger partial charge in [0.1, 0.15) is 0 Å². The number of carboxylic acid groups (broad SMARTS) is 2. The SMILES string of the molecule is COC(=O)CCN(C)Cc1ccc(C(F)(F)F)cc1.O=C(O)C(=O)O. The highest BCUT2D eigenvalue weighted by molar-refractivity contribution is 6.27. The third kappa shape index (κ3) is 9.97. The minimum absolute atomic E-state index is 0.258. The second-order valence-electron chi connectivity index (χ2n) is 4.87. The highest BCUT2D eigenvalue weighted by Gasteiger charge is 2.29. The molecule has 0 atom stereocenters. The monoisotopic (exact) mass is 365 g/mol. The first-order chi connectivity index (χ1) is 11.5. The normalized spacial score (nSPS) is 10.6. The summed E-state index contributed by atoms with van der Waals surface area (Å²) in [6, 6.07) is 5.00. The van der Waals surface area contributed by atoms with E-state index in [1.165, 1.54) is 19.2 Å². The zero-order chi connectivity index (χ0) is 19.6. The molecule has 0 aliphatic rings. The van der Waals surface area contributed by atoms with Gasteiger partial charge in [-0.2, -0.15) is 13.2 Å². The number of benzene rings is 1. The average molecular weight is 365 g/mol. The number of halogens is 3. The number of nitrogens with zero attached hydrogens (tertiary/aromatic N) is 1. The van der Waals surface area contributed by atoms with Crippen LogP contribution in [0.3, 0.4) is 0 Å². The van der Waals surface area contributed by atoms with Crippen molar-refractivity contribution in [1.82, 2.24) is 4.90 Å². The first kappa shape index (κ1) is 22.4. The predicted molar refractivity (Wildman–Crippen MR) is 79.7 cm³/mol. The van der Waals surface area contributed by atoms with E-state index in [0.29, 0.717) is 13.1 Å². The topological polar surface area (TPSA) is 104 Å². The van der Waals surface area contributed by atoms with Gasteiger partial charge in [0, 0.05) is 13.1 Å². The van der Waals surface area contributed by atoms with Crippen LogP contribution in [0, 0.1) is 0 Å². The van der Waals surface area contributed by atoms with E-state index in [1.54, 1.807) is 7.05 Å². The number of methoxy groups -OCH3 is 1. The van der Waals surface area contributed by atoms with Gasteiger partial charge in [0.2, 0.25) is 0 Å². The fourth-order valence-corrected chi connectivity index (χ4v) is 1.57. The van der Waals surface area contributed by atoms with Crippen LogP contribution in [0.15, 0.2) is 24.3 Å². The van der Waals surface area contributed by atoms with Crippen molar-refractivity contribution >= 4 is 17.9 Å². The van der Waals surface area contributed by atoms with Crippen LogP contribution in [0.2, 0.25) is 0 Å². The Morgan fingerprint density at radius 3 is 1.92 bits per heavy atom. The largest absolute Gasteiger partial charge is 0.473 e. The van der Waals surface area contributed by atoms with Crippen molar-refractivity contribution in [3.05, 3.63) is 35.4 Å². The maximum Gasteiger partial charge on any atom is 0.416 e. The molecule has 0 aromatic heterocycles. The number of aliphatic carboxylic acids is 2. The third-order valence-electron chi connectivity index (χ3n) is 2.84. The highest BCUT2D eigenvalue weighted by Crippen LogP contribution is 2.29. The summed E-state index contributed by atoms with van der Waals surface area (Å²) in [7, 11) is 3.11. The molecule has 0 unspecified atom stereocenters. The number of ether oxygens (including phenoxy) is 1. The molecule has 0 amide bonds. The quantitative estimate of drug-likeness (QED) is 0.606. The van der Waals surface area contributed by atoms with Crippen LogP contribution in [-0.2, 0) is 31.8 Å². The number of carbonyl (C=O) groups is 3. The molecule has 0 aliphatic heterocycles. The van der Waals surface area contributed by atoms with E-state index in [2.05, 4.69) is 4.74 Å². The maximum atomic E-state index is 12.4. The summed E-state index contributed by atoms with van der Waals surface area (Å²) in [5.74, 6) is -3.95. The number of carbonyl (C=O) groups excluding carboxylic acids is 1. The van der Waals surface area contributed by atoms with E-state index in [1.807, 2.05) is 4.90 Å². The van der Waals surface area contributed by atoms with Crippen LogP contribution in [0.25, 0.3) is 0 Å². The van der Waals surface area contributed by atoms with Gasteiger partial charge in [0.25, 0.3) is 0 Å². The predicted octanol–water partition coefficient (Wildman–Crippen LogP) is 1.86. The molecule has 0 heterocycles. The van der Waals surface area contributed by atoms with Crippen molar-refractivity contribution in [3.63, 3.8) is 0 Å². The lowest BCUT2D eigenvalue weighted by atomic mass is 10.1. The van der Waals surface area contributed by atoms with Gasteiger partial charge in [0.05, 0.1) is 19.1 Å². The van der Waals surface area contributed by atoms with E-state index >= 15 is 0 Å². The minimum Gasteiger partial charge on any atom is -0.473 e. The van der Waals surface area contributed by atoms with Gasteiger partial charge in [-0.1, -0.05) is 12.1 Å². The van der Waals surface area contributed by atoms with Crippen LogP contribution in [0.1, 0.15) is 17.5 Å². The van der Waals surface area contributed by atoms with Gasteiger partial charge in [-0.15, -0.1) is 0 Å². The van der Waals surface area contributed by atoms with Crippen LogP contribution in [0.5, 0.6) is 0 Å². The fourth-order valence-electron chi connectivity index (χ4n) is 1.57. The van der Waals surface area contributed by atoms with Crippen molar-refractivity contribution in [1.29, 1.82) is 0 Å². The Balaban J connectivity index is 0.000000823. The zero-order valence-electron chi connectivity index (χ0n) is 13.5. The van der Waals surface area contributed by atoms with Crippen molar-refractivity contribution in [2.24, 2.45) is 0 Å². The summed E-state index contributed by atoms with van der Waals surface area (Å²) in [4.78, 5) is 31.0. The van der Waals surface area contributed by atoms with Gasteiger partial charge < -0.3 is 19.8 Å². The van der Waals surface area contributed by atoms with Crippen molar-refractivity contribution in [2.45, 2.75) is 19.1 Å². The maximum absolute atomic E-state index is 12.4. The van der Waals surface area contributed by atoms with Gasteiger partial charge in [0.15, 0.2) is 0 Å². The zero-order valence-corrected chi connectivity index (χ0v) is 13.5. The molecule has 1 aromatic carbocycles. The number of rotatable bonds is 5. The van der Waals surface area contributed by atoms with Crippen molar-refractivity contribution in [2.75, 3.05) is 20.7 Å². The Labute approximate surface area is 141 Å². The summed E-state index contributed by atoms with van der Waals surface area (Å²) < 4.78 is 41.6. The lowest BCUT2D eigenvalue weighted by Crippen LogP contribution is -2.21. The molecule has 0 radical (unpaired) electrons. The number of hydrogen-bond donors (Lipinski definition) is 2. The molecule has 1 aromatic rings. The summed E-state index contributed by atoms with van der Waals surface area (Å²) in [6.45, 7) is 0.975. The van der Waals surface area contributed by atoms with Crippen LogP contribution in [-0.4, -0.2) is 53.7 Å². The van der Waals surface area contributed by atoms with E-state index < -0.39 is 23.7 Å².